The molecule has 1 N–H and O–H groups in total. The Balaban J connectivity index is 2.35. The van der Waals surface area contributed by atoms with Gasteiger partial charge < -0.3 is 9.84 Å². The molecule has 1 aromatic rings. The summed E-state index contributed by atoms with van der Waals surface area (Å²) < 4.78 is 6.03. The van der Waals surface area contributed by atoms with Gasteiger partial charge in [0, 0.05) is 12.8 Å². The lowest BCUT2D eigenvalue weighted by atomic mass is 9.70. The Hall–Kier alpha value is -1.49. The Morgan fingerprint density at radius 2 is 1.95 bits per heavy atom. The minimum atomic E-state index is -0.991. The normalized spacial score (nSPS) is 20.2. The summed E-state index contributed by atoms with van der Waals surface area (Å²) >= 11 is 0. The molecule has 0 saturated heterocycles. The highest BCUT2D eigenvalue weighted by Gasteiger charge is 2.42. The Morgan fingerprint density at radius 3 is 2.43 bits per heavy atom. The molecule has 1 aliphatic rings. The van der Waals surface area contributed by atoms with E-state index in [0.29, 0.717) is 23.5 Å². The molecule has 0 amide bonds. The summed E-state index contributed by atoms with van der Waals surface area (Å²) in [5.41, 5.74) is 0.501. The molecule has 0 spiro atoms. The van der Waals surface area contributed by atoms with Crippen molar-refractivity contribution in [2.45, 2.75) is 59.0 Å². The summed E-state index contributed by atoms with van der Waals surface area (Å²) in [6.07, 6.45) is 5.26. The molecule has 0 radical (unpaired) electrons. The van der Waals surface area contributed by atoms with Gasteiger partial charge in [-0.05, 0) is 44.9 Å². The molecule has 0 bridgehead atoms. The maximum atomic E-state index is 11.1. The minimum absolute atomic E-state index is 0.154. The molecule has 2 rings (SSSR count). The van der Waals surface area contributed by atoms with Crippen LogP contribution in [-0.2, 0) is 10.3 Å². The number of carboxylic acids is 1. The average molecular weight is 292 g/mol. The summed E-state index contributed by atoms with van der Waals surface area (Å²) in [4.78, 5) is 19.8. The van der Waals surface area contributed by atoms with E-state index >= 15 is 0 Å². The van der Waals surface area contributed by atoms with Crippen LogP contribution < -0.4 is 0 Å². The van der Waals surface area contributed by atoms with Crippen molar-refractivity contribution in [1.29, 1.82) is 0 Å². The second kappa shape index (κ2) is 5.72. The van der Waals surface area contributed by atoms with Crippen LogP contribution in [0.5, 0.6) is 0 Å². The van der Waals surface area contributed by atoms with E-state index in [1.165, 1.54) is 6.20 Å². The molecule has 1 aromatic heterocycles. The zero-order valence-electron chi connectivity index (χ0n) is 13.3. The fraction of sp³-hybridized carbons (Fsp3) is 0.688. The van der Waals surface area contributed by atoms with Gasteiger partial charge >= 0.3 is 5.97 Å². The summed E-state index contributed by atoms with van der Waals surface area (Å²) in [5.74, 6) is -0.364. The van der Waals surface area contributed by atoms with Gasteiger partial charge in [0.05, 0.1) is 11.3 Å². The highest BCUT2D eigenvalue weighted by atomic mass is 16.5. The van der Waals surface area contributed by atoms with Crippen molar-refractivity contribution in [1.82, 2.24) is 9.97 Å². The summed E-state index contributed by atoms with van der Waals surface area (Å²) in [5, 5.41) is 9.09. The molecule has 21 heavy (non-hydrogen) atoms. The van der Waals surface area contributed by atoms with Crippen LogP contribution >= 0.6 is 0 Å². The molecule has 116 valence electrons. The molecule has 0 aromatic carbocycles. The summed E-state index contributed by atoms with van der Waals surface area (Å²) in [6.45, 7) is 8.82. The monoisotopic (exact) mass is 292 g/mol. The second-order valence-electron chi connectivity index (χ2n) is 6.59. The number of ether oxygens (including phenoxy) is 1. The predicted molar refractivity (Wildman–Crippen MR) is 79.3 cm³/mol. The second-order valence-corrected chi connectivity index (χ2v) is 6.59. The minimum Gasteiger partial charge on any atom is -0.478 e. The highest BCUT2D eigenvalue weighted by Crippen LogP contribution is 2.46. The van der Waals surface area contributed by atoms with Gasteiger partial charge in [0.15, 0.2) is 5.82 Å². The van der Waals surface area contributed by atoms with Crippen LogP contribution in [0.25, 0.3) is 0 Å². The number of aromatic nitrogens is 2. The number of hydrogen-bond donors (Lipinski definition) is 1. The number of carbonyl (C=O) groups is 1. The Bertz CT molecular complexity index is 530. The van der Waals surface area contributed by atoms with Crippen molar-refractivity contribution in [2.24, 2.45) is 5.41 Å². The SMILES string of the molecule is CCOC1(c2ncc(C(=O)O)c(C)n2)CCC(C)(C)CC1. The van der Waals surface area contributed by atoms with Crippen LogP contribution in [0.4, 0.5) is 0 Å². The predicted octanol–water partition coefficient (Wildman–Crippen LogP) is 3.32. The molecule has 1 aliphatic carbocycles. The van der Waals surface area contributed by atoms with Gasteiger partial charge in [-0.1, -0.05) is 13.8 Å². The standard InChI is InChI=1S/C16H24N2O3/c1-5-21-16(8-6-15(3,4)7-9-16)14-17-10-12(13(19)20)11(2)18-14/h10H,5-9H2,1-4H3,(H,19,20). The van der Waals surface area contributed by atoms with Crippen molar-refractivity contribution in [3.63, 3.8) is 0 Å². The largest absolute Gasteiger partial charge is 0.478 e. The van der Waals surface area contributed by atoms with Gasteiger partial charge in [0.25, 0.3) is 0 Å². The van der Waals surface area contributed by atoms with E-state index in [0.717, 1.165) is 25.7 Å². The molecule has 0 atom stereocenters. The molecule has 1 saturated carbocycles. The van der Waals surface area contributed by atoms with Gasteiger partial charge in [-0.2, -0.15) is 0 Å². The number of aromatic carboxylic acids is 1. The Kier molecular flexibility index (Phi) is 4.33. The lowest BCUT2D eigenvalue weighted by molar-refractivity contribution is -0.0949. The quantitative estimate of drug-likeness (QED) is 0.921. The van der Waals surface area contributed by atoms with Crippen LogP contribution in [0.1, 0.15) is 68.3 Å². The van der Waals surface area contributed by atoms with Gasteiger partial charge in [-0.15, -0.1) is 0 Å². The number of rotatable bonds is 4. The number of aryl methyl sites for hydroxylation is 1. The first kappa shape index (κ1) is 15.9. The van der Waals surface area contributed by atoms with E-state index in [-0.39, 0.29) is 5.56 Å². The lowest BCUT2D eigenvalue weighted by Gasteiger charge is -2.42. The van der Waals surface area contributed by atoms with E-state index in [1.807, 2.05) is 6.92 Å². The third kappa shape index (κ3) is 3.23. The molecular formula is C16H24N2O3. The molecule has 0 aliphatic heterocycles. The van der Waals surface area contributed by atoms with Crippen molar-refractivity contribution in [3.8, 4) is 0 Å². The zero-order chi connectivity index (χ0) is 15.7. The van der Waals surface area contributed by atoms with Crippen LogP contribution in [0.2, 0.25) is 0 Å². The first-order valence-electron chi connectivity index (χ1n) is 7.51. The molecule has 1 heterocycles. The lowest BCUT2D eigenvalue weighted by Crippen LogP contribution is -2.39. The number of carboxylic acid groups (broad SMARTS) is 1. The van der Waals surface area contributed by atoms with Crippen LogP contribution in [0, 0.1) is 12.3 Å². The van der Waals surface area contributed by atoms with E-state index in [4.69, 9.17) is 9.84 Å². The first-order chi connectivity index (χ1) is 9.80. The molecule has 0 unspecified atom stereocenters. The fourth-order valence-electron chi connectivity index (χ4n) is 2.94. The van der Waals surface area contributed by atoms with Crippen molar-refractivity contribution in [3.05, 3.63) is 23.3 Å². The van der Waals surface area contributed by atoms with E-state index in [2.05, 4.69) is 23.8 Å². The van der Waals surface area contributed by atoms with Crippen molar-refractivity contribution in [2.75, 3.05) is 6.61 Å². The smallest absolute Gasteiger partial charge is 0.339 e. The van der Waals surface area contributed by atoms with Crippen LogP contribution in [0.3, 0.4) is 0 Å². The number of hydrogen-bond acceptors (Lipinski definition) is 4. The third-order valence-electron chi connectivity index (χ3n) is 4.45. The highest BCUT2D eigenvalue weighted by molar-refractivity contribution is 5.88. The van der Waals surface area contributed by atoms with E-state index in [9.17, 15) is 4.79 Å². The maximum Gasteiger partial charge on any atom is 0.339 e. The average Bonchev–Trinajstić information content (AvgIpc) is 2.41. The van der Waals surface area contributed by atoms with Gasteiger partial charge in [-0.25, -0.2) is 14.8 Å². The van der Waals surface area contributed by atoms with Crippen LogP contribution in [-0.4, -0.2) is 27.7 Å². The molecular weight excluding hydrogens is 268 g/mol. The van der Waals surface area contributed by atoms with Crippen LogP contribution in [0.15, 0.2) is 6.20 Å². The maximum absolute atomic E-state index is 11.1. The van der Waals surface area contributed by atoms with Crippen molar-refractivity contribution >= 4 is 5.97 Å². The van der Waals surface area contributed by atoms with Crippen molar-refractivity contribution < 1.29 is 14.6 Å². The molecule has 1 fully saturated rings. The molecule has 5 nitrogen and oxygen atoms in total. The molecule has 5 heteroatoms. The zero-order valence-corrected chi connectivity index (χ0v) is 13.3. The number of nitrogens with zero attached hydrogens (tertiary/aromatic N) is 2. The van der Waals surface area contributed by atoms with Gasteiger partial charge in [0.2, 0.25) is 0 Å². The van der Waals surface area contributed by atoms with E-state index in [1.54, 1.807) is 6.92 Å². The summed E-state index contributed by atoms with van der Waals surface area (Å²) in [6, 6.07) is 0. The summed E-state index contributed by atoms with van der Waals surface area (Å²) in [7, 11) is 0. The first-order valence-corrected chi connectivity index (χ1v) is 7.51. The topological polar surface area (TPSA) is 72.3 Å². The Labute approximate surface area is 125 Å². The fourth-order valence-corrected chi connectivity index (χ4v) is 2.94. The van der Waals surface area contributed by atoms with Gasteiger partial charge in [0.1, 0.15) is 5.60 Å². The van der Waals surface area contributed by atoms with Gasteiger partial charge in [-0.3, -0.25) is 0 Å². The third-order valence-corrected chi connectivity index (χ3v) is 4.45. The van der Waals surface area contributed by atoms with E-state index < -0.39 is 11.6 Å². The Morgan fingerprint density at radius 1 is 1.33 bits per heavy atom.